The molecule has 0 amide bonds. The molecule has 3 aromatic rings. The monoisotopic (exact) mass is 348 g/mol. The molecule has 0 unspecified atom stereocenters. The second-order valence-corrected chi connectivity index (χ2v) is 4.80. The molecule has 9 heteroatoms. The van der Waals surface area contributed by atoms with Gasteiger partial charge in [0.2, 0.25) is 17.6 Å². The van der Waals surface area contributed by atoms with Gasteiger partial charge in [-0.2, -0.15) is 4.98 Å². The lowest BCUT2D eigenvalue weighted by Crippen LogP contribution is -2.07. The lowest BCUT2D eigenvalue weighted by molar-refractivity contribution is 0.0796. The molecule has 0 spiro atoms. The van der Waals surface area contributed by atoms with Gasteiger partial charge in [0.25, 0.3) is 12.3 Å². The van der Waals surface area contributed by atoms with Gasteiger partial charge in [0.05, 0.1) is 12.2 Å². The average Bonchev–Trinajstić information content (AvgIpc) is 3.11. The highest BCUT2D eigenvalue weighted by atomic mass is 19.3. The summed E-state index contributed by atoms with van der Waals surface area (Å²) in [6.07, 6.45) is 0.434. The van der Waals surface area contributed by atoms with E-state index in [2.05, 4.69) is 20.1 Å². The van der Waals surface area contributed by atoms with Crippen LogP contribution in [0.5, 0.6) is 11.8 Å². The Morgan fingerprint density at radius 1 is 1.16 bits per heavy atom. The third-order valence-corrected chi connectivity index (χ3v) is 3.06. The summed E-state index contributed by atoms with van der Waals surface area (Å²) in [5, 5.41) is 3.92. The molecule has 25 heavy (non-hydrogen) atoms. The highest BCUT2D eigenvalue weighted by Crippen LogP contribution is 2.28. The molecule has 3 aromatic heterocycles. The number of hydrogen-bond donors (Lipinski definition) is 0. The van der Waals surface area contributed by atoms with E-state index in [0.29, 0.717) is 29.4 Å². The Balaban J connectivity index is 1.86. The fourth-order valence-electron chi connectivity index (χ4n) is 2.03. The first-order valence-electron chi connectivity index (χ1n) is 7.46. The zero-order valence-corrected chi connectivity index (χ0v) is 13.2. The van der Waals surface area contributed by atoms with E-state index >= 15 is 0 Å². The fourth-order valence-corrected chi connectivity index (χ4v) is 2.03. The van der Waals surface area contributed by atoms with Crippen LogP contribution in [0.2, 0.25) is 0 Å². The lowest BCUT2D eigenvalue weighted by atomic mass is 10.2. The van der Waals surface area contributed by atoms with Gasteiger partial charge in [-0.05, 0) is 25.1 Å². The van der Waals surface area contributed by atoms with Crippen LogP contribution in [0.1, 0.15) is 6.92 Å². The van der Waals surface area contributed by atoms with Gasteiger partial charge in [0, 0.05) is 24.0 Å². The third kappa shape index (κ3) is 4.06. The van der Waals surface area contributed by atoms with Crippen molar-refractivity contribution in [3.05, 3.63) is 36.7 Å². The molecule has 0 aliphatic rings. The number of aromatic nitrogens is 4. The van der Waals surface area contributed by atoms with Gasteiger partial charge in [-0.25, -0.2) is 18.7 Å². The second kappa shape index (κ2) is 7.65. The second-order valence-electron chi connectivity index (χ2n) is 4.80. The maximum Gasteiger partial charge on any atom is 0.272 e. The molecule has 0 atom stereocenters. The van der Waals surface area contributed by atoms with Gasteiger partial charge < -0.3 is 14.0 Å². The van der Waals surface area contributed by atoms with Gasteiger partial charge in [-0.1, -0.05) is 5.16 Å². The SMILES string of the molecule is CCOc1ncccc1-c1noc(-c2ccnc(OCC(F)F)c2)n1. The molecule has 0 bridgehead atoms. The first-order chi connectivity index (χ1) is 12.2. The van der Waals surface area contributed by atoms with Crippen LogP contribution in [0.3, 0.4) is 0 Å². The molecule has 0 radical (unpaired) electrons. The number of alkyl halides is 2. The van der Waals surface area contributed by atoms with Gasteiger partial charge in [-0.15, -0.1) is 0 Å². The number of hydrogen-bond acceptors (Lipinski definition) is 7. The van der Waals surface area contributed by atoms with Crippen molar-refractivity contribution in [1.82, 2.24) is 20.1 Å². The number of pyridine rings is 2. The van der Waals surface area contributed by atoms with Crippen LogP contribution >= 0.6 is 0 Å². The van der Waals surface area contributed by atoms with Crippen molar-refractivity contribution in [2.24, 2.45) is 0 Å². The minimum Gasteiger partial charge on any atom is -0.477 e. The van der Waals surface area contributed by atoms with Gasteiger partial charge in [0.15, 0.2) is 6.61 Å². The van der Waals surface area contributed by atoms with E-state index in [9.17, 15) is 8.78 Å². The average molecular weight is 348 g/mol. The van der Waals surface area contributed by atoms with Crippen molar-refractivity contribution in [2.75, 3.05) is 13.2 Å². The molecule has 7 nitrogen and oxygen atoms in total. The maximum atomic E-state index is 12.2. The van der Waals surface area contributed by atoms with Crippen LogP contribution in [0, 0.1) is 0 Å². The fraction of sp³-hybridized carbons (Fsp3) is 0.250. The van der Waals surface area contributed by atoms with Crippen molar-refractivity contribution >= 4 is 0 Å². The Hall–Kier alpha value is -3.10. The number of halogens is 2. The Kier molecular flexibility index (Phi) is 5.12. The summed E-state index contributed by atoms with van der Waals surface area (Å²) >= 11 is 0. The Morgan fingerprint density at radius 3 is 2.84 bits per heavy atom. The molecule has 0 saturated heterocycles. The number of ether oxygens (including phenoxy) is 2. The summed E-state index contributed by atoms with van der Waals surface area (Å²) in [6, 6.07) is 6.55. The molecule has 3 heterocycles. The summed E-state index contributed by atoms with van der Waals surface area (Å²) in [7, 11) is 0. The van der Waals surface area contributed by atoms with Crippen LogP contribution in [0.4, 0.5) is 8.78 Å². The first kappa shape index (κ1) is 16.7. The standard InChI is InChI=1S/C16H14F2N4O3/c1-2-23-16-11(4-3-6-20-16)14-21-15(25-22-14)10-5-7-19-13(8-10)24-9-12(17)18/h3-8,12H,2,9H2,1H3. The van der Waals surface area contributed by atoms with Crippen LogP contribution in [0.25, 0.3) is 22.8 Å². The number of nitrogens with zero attached hydrogens (tertiary/aromatic N) is 4. The molecule has 0 fully saturated rings. The minimum atomic E-state index is -2.58. The zero-order valence-electron chi connectivity index (χ0n) is 13.2. The van der Waals surface area contributed by atoms with E-state index in [4.69, 9.17) is 14.0 Å². The van der Waals surface area contributed by atoms with Gasteiger partial charge in [-0.3, -0.25) is 0 Å². The Labute approximate surface area is 141 Å². The highest BCUT2D eigenvalue weighted by Gasteiger charge is 2.16. The summed E-state index contributed by atoms with van der Waals surface area (Å²) < 4.78 is 40.0. The summed E-state index contributed by atoms with van der Waals surface area (Å²) in [5.74, 6) is 0.950. The highest BCUT2D eigenvalue weighted by molar-refractivity contribution is 5.64. The molecule has 0 aromatic carbocycles. The molecule has 0 N–H and O–H groups in total. The molecule has 0 saturated carbocycles. The van der Waals surface area contributed by atoms with Crippen LogP contribution in [-0.2, 0) is 0 Å². The quantitative estimate of drug-likeness (QED) is 0.648. The van der Waals surface area contributed by atoms with E-state index in [0.717, 1.165) is 0 Å². The smallest absolute Gasteiger partial charge is 0.272 e. The lowest BCUT2D eigenvalue weighted by Gasteiger charge is -2.05. The predicted octanol–water partition coefficient (Wildman–Crippen LogP) is 3.24. The molecule has 0 aliphatic heterocycles. The summed E-state index contributed by atoms with van der Waals surface area (Å²) in [5.41, 5.74) is 1.09. The van der Waals surface area contributed by atoms with Crippen LogP contribution in [0.15, 0.2) is 41.2 Å². The summed E-state index contributed by atoms with van der Waals surface area (Å²) in [4.78, 5) is 12.3. The third-order valence-electron chi connectivity index (χ3n) is 3.06. The molecular formula is C16H14F2N4O3. The Bertz CT molecular complexity index is 842. The molecule has 3 rings (SSSR count). The zero-order chi connectivity index (χ0) is 17.6. The minimum absolute atomic E-state index is 0.0499. The molecular weight excluding hydrogens is 334 g/mol. The van der Waals surface area contributed by atoms with E-state index in [-0.39, 0.29) is 11.8 Å². The van der Waals surface area contributed by atoms with Crippen molar-refractivity contribution in [3.63, 3.8) is 0 Å². The molecule has 130 valence electrons. The van der Waals surface area contributed by atoms with Gasteiger partial charge in [0.1, 0.15) is 0 Å². The van der Waals surface area contributed by atoms with Crippen molar-refractivity contribution in [2.45, 2.75) is 13.3 Å². The van der Waals surface area contributed by atoms with Crippen molar-refractivity contribution < 1.29 is 22.8 Å². The normalized spacial score (nSPS) is 10.9. The van der Waals surface area contributed by atoms with Crippen LogP contribution in [-0.4, -0.2) is 39.7 Å². The van der Waals surface area contributed by atoms with Gasteiger partial charge >= 0.3 is 0 Å². The topological polar surface area (TPSA) is 83.2 Å². The van der Waals surface area contributed by atoms with Crippen LogP contribution < -0.4 is 9.47 Å². The van der Waals surface area contributed by atoms with Crippen molar-refractivity contribution in [3.8, 4) is 34.6 Å². The summed E-state index contributed by atoms with van der Waals surface area (Å²) in [6.45, 7) is 1.56. The van der Waals surface area contributed by atoms with E-state index < -0.39 is 13.0 Å². The number of rotatable bonds is 7. The van der Waals surface area contributed by atoms with E-state index in [1.807, 2.05) is 6.92 Å². The predicted molar refractivity (Wildman–Crippen MR) is 83.4 cm³/mol. The maximum absolute atomic E-state index is 12.2. The molecule has 0 aliphatic carbocycles. The largest absolute Gasteiger partial charge is 0.477 e. The van der Waals surface area contributed by atoms with E-state index in [1.54, 1.807) is 24.4 Å². The van der Waals surface area contributed by atoms with Crippen molar-refractivity contribution in [1.29, 1.82) is 0 Å². The Morgan fingerprint density at radius 2 is 2.04 bits per heavy atom. The van der Waals surface area contributed by atoms with E-state index in [1.165, 1.54) is 12.3 Å². The first-order valence-corrected chi connectivity index (χ1v) is 7.46.